The third-order valence-corrected chi connectivity index (χ3v) is 4.56. The molecule has 1 aliphatic heterocycles. The van der Waals surface area contributed by atoms with Crippen LogP contribution in [0.5, 0.6) is 0 Å². The molecule has 2 rings (SSSR count). The minimum absolute atomic E-state index is 0.123. The molecule has 1 aromatic carbocycles. The summed E-state index contributed by atoms with van der Waals surface area (Å²) < 4.78 is 6.13. The number of aliphatic hydroxyl groups excluding tert-OH is 1. The van der Waals surface area contributed by atoms with E-state index in [4.69, 9.17) is 4.74 Å². The highest BCUT2D eigenvalue weighted by molar-refractivity contribution is 5.39. The zero-order chi connectivity index (χ0) is 15.3. The van der Waals surface area contributed by atoms with Gasteiger partial charge in [0, 0.05) is 5.92 Å². The lowest BCUT2D eigenvalue weighted by molar-refractivity contribution is -0.0881. The van der Waals surface area contributed by atoms with Gasteiger partial charge in [-0.1, -0.05) is 17.7 Å². The molecule has 1 saturated heterocycles. The van der Waals surface area contributed by atoms with E-state index in [1.165, 1.54) is 16.7 Å². The van der Waals surface area contributed by atoms with Crippen molar-refractivity contribution in [2.45, 2.75) is 72.2 Å². The maximum atomic E-state index is 11.0. The Kier molecular flexibility index (Phi) is 3.77. The second-order valence-electron chi connectivity index (χ2n) is 7.53. The first kappa shape index (κ1) is 15.5. The molecule has 1 aliphatic rings. The Hall–Kier alpha value is -0.860. The Morgan fingerprint density at radius 1 is 1.10 bits per heavy atom. The van der Waals surface area contributed by atoms with Gasteiger partial charge in [-0.3, -0.25) is 0 Å². The second-order valence-corrected chi connectivity index (χ2v) is 7.53. The van der Waals surface area contributed by atoms with E-state index in [1.807, 2.05) is 0 Å². The van der Waals surface area contributed by atoms with Crippen LogP contribution in [0.3, 0.4) is 0 Å². The van der Waals surface area contributed by atoms with E-state index < -0.39 is 6.10 Å². The molecule has 0 radical (unpaired) electrons. The quantitative estimate of drug-likeness (QED) is 0.875. The van der Waals surface area contributed by atoms with Crippen molar-refractivity contribution in [3.8, 4) is 0 Å². The fourth-order valence-corrected chi connectivity index (χ4v) is 3.96. The van der Waals surface area contributed by atoms with Gasteiger partial charge in [0.1, 0.15) is 0 Å². The van der Waals surface area contributed by atoms with E-state index in [0.717, 1.165) is 12.0 Å². The fraction of sp³-hybridized carbons (Fsp3) is 0.667. The molecule has 2 heteroatoms. The summed E-state index contributed by atoms with van der Waals surface area (Å²) >= 11 is 0. The van der Waals surface area contributed by atoms with Gasteiger partial charge in [0.25, 0.3) is 0 Å². The minimum atomic E-state index is -0.465. The smallest absolute Gasteiger partial charge is 0.0851 e. The molecule has 20 heavy (non-hydrogen) atoms. The van der Waals surface area contributed by atoms with Crippen molar-refractivity contribution in [1.29, 1.82) is 0 Å². The van der Waals surface area contributed by atoms with Gasteiger partial charge in [-0.25, -0.2) is 0 Å². The molecular weight excluding hydrogens is 248 g/mol. The van der Waals surface area contributed by atoms with Crippen LogP contribution in [0.1, 0.15) is 62.5 Å². The van der Waals surface area contributed by atoms with E-state index in [9.17, 15) is 5.11 Å². The summed E-state index contributed by atoms with van der Waals surface area (Å²) in [5.41, 5.74) is 4.22. The first-order valence-corrected chi connectivity index (χ1v) is 7.49. The molecular formula is C18H28O2. The minimum Gasteiger partial charge on any atom is -0.388 e. The molecule has 2 nitrogen and oxygen atoms in total. The molecule has 112 valence electrons. The molecule has 1 N–H and O–H groups in total. The SMILES string of the molecule is Cc1cc(C)c(C(O)C2CC(C)(C)OC2(C)C)c(C)c1. The summed E-state index contributed by atoms with van der Waals surface area (Å²) in [4.78, 5) is 0. The normalized spacial score (nSPS) is 25.7. The van der Waals surface area contributed by atoms with Crippen LogP contribution in [-0.4, -0.2) is 16.3 Å². The number of ether oxygens (including phenoxy) is 1. The maximum Gasteiger partial charge on any atom is 0.0851 e. The van der Waals surface area contributed by atoms with Crippen LogP contribution in [-0.2, 0) is 4.74 Å². The zero-order valence-corrected chi connectivity index (χ0v) is 13.9. The van der Waals surface area contributed by atoms with Crippen molar-refractivity contribution < 1.29 is 9.84 Å². The van der Waals surface area contributed by atoms with Gasteiger partial charge < -0.3 is 9.84 Å². The van der Waals surface area contributed by atoms with Crippen LogP contribution in [0.15, 0.2) is 12.1 Å². The number of rotatable bonds is 2. The van der Waals surface area contributed by atoms with Gasteiger partial charge in [0.2, 0.25) is 0 Å². The highest BCUT2D eigenvalue weighted by Gasteiger charge is 2.49. The molecule has 0 amide bonds. The average Bonchev–Trinajstić information content (AvgIpc) is 2.44. The summed E-state index contributed by atoms with van der Waals surface area (Å²) in [5, 5.41) is 11.0. The lowest BCUT2D eigenvalue weighted by atomic mass is 9.78. The summed E-state index contributed by atoms with van der Waals surface area (Å²) in [6, 6.07) is 4.30. The molecule has 0 aromatic heterocycles. The number of hydrogen-bond acceptors (Lipinski definition) is 2. The van der Waals surface area contributed by atoms with Crippen LogP contribution >= 0.6 is 0 Å². The summed E-state index contributed by atoms with van der Waals surface area (Å²) in [7, 11) is 0. The van der Waals surface area contributed by atoms with Crippen molar-refractivity contribution in [2.75, 3.05) is 0 Å². The number of benzene rings is 1. The maximum absolute atomic E-state index is 11.0. The Labute approximate surface area is 123 Å². The van der Waals surface area contributed by atoms with E-state index in [0.29, 0.717) is 0 Å². The third-order valence-electron chi connectivity index (χ3n) is 4.56. The predicted molar refractivity (Wildman–Crippen MR) is 83.0 cm³/mol. The molecule has 1 heterocycles. The molecule has 2 atom stereocenters. The van der Waals surface area contributed by atoms with Crippen molar-refractivity contribution in [3.63, 3.8) is 0 Å². The van der Waals surface area contributed by atoms with Crippen molar-refractivity contribution in [3.05, 3.63) is 34.4 Å². The van der Waals surface area contributed by atoms with Gasteiger partial charge in [-0.2, -0.15) is 0 Å². The molecule has 1 fully saturated rings. The molecule has 0 aliphatic carbocycles. The Morgan fingerprint density at radius 2 is 1.60 bits per heavy atom. The summed E-state index contributed by atoms with van der Waals surface area (Å²) in [6.07, 6.45) is 0.417. The second kappa shape index (κ2) is 4.85. The number of aliphatic hydroxyl groups is 1. The van der Waals surface area contributed by atoms with E-state index in [1.54, 1.807) is 0 Å². The Balaban J connectivity index is 2.40. The Morgan fingerprint density at radius 3 is 2.00 bits per heavy atom. The van der Waals surface area contributed by atoms with Gasteiger partial charge in [0.15, 0.2) is 0 Å². The van der Waals surface area contributed by atoms with Crippen molar-refractivity contribution >= 4 is 0 Å². The molecule has 0 bridgehead atoms. The van der Waals surface area contributed by atoms with E-state index in [-0.39, 0.29) is 17.1 Å². The lowest BCUT2D eigenvalue weighted by Gasteiger charge is -2.32. The monoisotopic (exact) mass is 276 g/mol. The fourth-order valence-electron chi connectivity index (χ4n) is 3.96. The van der Waals surface area contributed by atoms with Crippen LogP contribution in [0, 0.1) is 26.7 Å². The van der Waals surface area contributed by atoms with Crippen molar-refractivity contribution in [1.82, 2.24) is 0 Å². The molecule has 0 saturated carbocycles. The van der Waals surface area contributed by atoms with Crippen LogP contribution in [0.2, 0.25) is 0 Å². The summed E-state index contributed by atoms with van der Waals surface area (Å²) in [6.45, 7) is 14.7. The topological polar surface area (TPSA) is 29.5 Å². The lowest BCUT2D eigenvalue weighted by Crippen LogP contribution is -2.33. The number of aryl methyl sites for hydroxylation is 3. The van der Waals surface area contributed by atoms with Crippen molar-refractivity contribution in [2.24, 2.45) is 5.92 Å². The summed E-state index contributed by atoms with van der Waals surface area (Å²) in [5.74, 6) is 0.123. The van der Waals surface area contributed by atoms with Gasteiger partial charge >= 0.3 is 0 Å². The highest BCUT2D eigenvalue weighted by Crippen LogP contribution is 2.48. The molecule has 1 aromatic rings. The standard InChI is InChI=1S/C18H28O2/c1-11-8-12(2)15(13(3)9-11)16(19)14-10-17(4,5)20-18(14,6)7/h8-9,14,16,19H,10H2,1-7H3. The van der Waals surface area contributed by atoms with E-state index >= 15 is 0 Å². The van der Waals surface area contributed by atoms with Gasteiger partial charge in [0.05, 0.1) is 17.3 Å². The van der Waals surface area contributed by atoms with Crippen LogP contribution in [0.4, 0.5) is 0 Å². The van der Waals surface area contributed by atoms with Gasteiger partial charge in [-0.05, 0) is 71.6 Å². The van der Waals surface area contributed by atoms with Crippen LogP contribution in [0.25, 0.3) is 0 Å². The zero-order valence-electron chi connectivity index (χ0n) is 13.9. The van der Waals surface area contributed by atoms with Crippen LogP contribution < -0.4 is 0 Å². The number of hydrogen-bond donors (Lipinski definition) is 1. The third kappa shape index (κ3) is 2.77. The average molecular weight is 276 g/mol. The molecule has 0 spiro atoms. The molecule has 2 unspecified atom stereocenters. The predicted octanol–water partition coefficient (Wildman–Crippen LogP) is 4.24. The largest absolute Gasteiger partial charge is 0.388 e. The Bertz CT molecular complexity index is 491. The first-order chi connectivity index (χ1) is 9.03. The highest BCUT2D eigenvalue weighted by atomic mass is 16.5. The van der Waals surface area contributed by atoms with Gasteiger partial charge in [-0.15, -0.1) is 0 Å². The van der Waals surface area contributed by atoms with E-state index in [2.05, 4.69) is 60.6 Å². The first-order valence-electron chi connectivity index (χ1n) is 7.49.